The molecule has 6 nitrogen and oxygen atoms in total. The van der Waals surface area contributed by atoms with Gasteiger partial charge >= 0.3 is 0 Å². The molecule has 24 heavy (non-hydrogen) atoms. The number of methoxy groups -OCH3 is 1. The lowest BCUT2D eigenvalue weighted by Gasteiger charge is -2.01. The van der Waals surface area contributed by atoms with E-state index in [1.807, 2.05) is 42.5 Å². The van der Waals surface area contributed by atoms with Crippen LogP contribution in [0.3, 0.4) is 0 Å². The van der Waals surface area contributed by atoms with Crippen molar-refractivity contribution in [3.8, 4) is 28.6 Å². The molecule has 0 saturated heterocycles. The monoisotopic (exact) mass is 324 g/mol. The minimum atomic E-state index is 0.248. The predicted molar refractivity (Wildman–Crippen MR) is 86.3 cm³/mol. The van der Waals surface area contributed by atoms with Gasteiger partial charge in [0.05, 0.1) is 7.11 Å². The van der Waals surface area contributed by atoms with Crippen LogP contribution in [0.15, 0.2) is 47.0 Å². The molecule has 6 heteroatoms. The van der Waals surface area contributed by atoms with Crippen molar-refractivity contribution in [3.63, 3.8) is 0 Å². The SMILES string of the molecule is COc1ccc(CCc2nc(-c3ccc4c(c3)OCO4)no2)cc1. The van der Waals surface area contributed by atoms with Crippen LogP contribution in [-0.2, 0) is 12.8 Å². The lowest BCUT2D eigenvalue weighted by atomic mass is 10.1. The number of aromatic nitrogens is 2. The Morgan fingerprint density at radius 1 is 1.00 bits per heavy atom. The zero-order chi connectivity index (χ0) is 16.4. The van der Waals surface area contributed by atoms with E-state index in [9.17, 15) is 0 Å². The molecule has 4 rings (SSSR count). The van der Waals surface area contributed by atoms with Gasteiger partial charge in [-0.25, -0.2) is 0 Å². The van der Waals surface area contributed by atoms with E-state index in [1.165, 1.54) is 5.56 Å². The van der Waals surface area contributed by atoms with E-state index < -0.39 is 0 Å². The summed E-state index contributed by atoms with van der Waals surface area (Å²) in [7, 11) is 1.66. The van der Waals surface area contributed by atoms with Crippen molar-refractivity contribution in [2.45, 2.75) is 12.8 Å². The first-order valence-electron chi connectivity index (χ1n) is 7.67. The Labute approximate surface area is 139 Å². The van der Waals surface area contributed by atoms with Gasteiger partial charge < -0.3 is 18.7 Å². The van der Waals surface area contributed by atoms with E-state index in [0.29, 0.717) is 23.9 Å². The van der Waals surface area contributed by atoms with Gasteiger partial charge in [0.15, 0.2) is 11.5 Å². The molecule has 0 amide bonds. The number of hydrogen-bond acceptors (Lipinski definition) is 6. The molecule has 0 bridgehead atoms. The van der Waals surface area contributed by atoms with Gasteiger partial charge in [0.2, 0.25) is 18.5 Å². The van der Waals surface area contributed by atoms with Crippen molar-refractivity contribution in [2.24, 2.45) is 0 Å². The summed E-state index contributed by atoms with van der Waals surface area (Å²) in [5.41, 5.74) is 2.04. The summed E-state index contributed by atoms with van der Waals surface area (Å²) in [5.74, 6) is 3.46. The summed E-state index contributed by atoms with van der Waals surface area (Å²) in [6.45, 7) is 0.248. The first kappa shape index (κ1) is 14.6. The number of ether oxygens (including phenoxy) is 3. The van der Waals surface area contributed by atoms with E-state index in [2.05, 4.69) is 10.1 Å². The number of nitrogens with zero attached hydrogens (tertiary/aromatic N) is 2. The van der Waals surface area contributed by atoms with Crippen LogP contribution < -0.4 is 14.2 Å². The first-order valence-corrected chi connectivity index (χ1v) is 7.67. The van der Waals surface area contributed by atoms with Gasteiger partial charge in [0.25, 0.3) is 0 Å². The standard InChI is InChI=1S/C18H16N2O4/c1-21-14-6-2-12(3-7-14)4-9-17-19-18(20-24-17)13-5-8-15-16(10-13)23-11-22-15/h2-3,5-8,10H,4,9,11H2,1H3. The van der Waals surface area contributed by atoms with Gasteiger partial charge in [0.1, 0.15) is 5.75 Å². The molecule has 0 atom stereocenters. The zero-order valence-corrected chi connectivity index (χ0v) is 13.2. The van der Waals surface area contributed by atoms with Crippen molar-refractivity contribution in [1.29, 1.82) is 0 Å². The van der Waals surface area contributed by atoms with Crippen LogP contribution >= 0.6 is 0 Å². The molecule has 0 unspecified atom stereocenters. The second-order valence-electron chi connectivity index (χ2n) is 5.43. The van der Waals surface area contributed by atoms with Crippen molar-refractivity contribution in [2.75, 3.05) is 13.9 Å². The van der Waals surface area contributed by atoms with Gasteiger partial charge in [-0.15, -0.1) is 0 Å². The topological polar surface area (TPSA) is 66.6 Å². The van der Waals surface area contributed by atoms with Crippen molar-refractivity contribution in [3.05, 3.63) is 53.9 Å². The lowest BCUT2D eigenvalue weighted by molar-refractivity contribution is 0.174. The van der Waals surface area contributed by atoms with Gasteiger partial charge in [-0.3, -0.25) is 0 Å². The minimum absolute atomic E-state index is 0.248. The summed E-state index contributed by atoms with van der Waals surface area (Å²) in [6, 6.07) is 13.6. The number of benzene rings is 2. The summed E-state index contributed by atoms with van der Waals surface area (Å²) >= 11 is 0. The zero-order valence-electron chi connectivity index (χ0n) is 13.2. The molecule has 3 aromatic rings. The quantitative estimate of drug-likeness (QED) is 0.717. The van der Waals surface area contributed by atoms with Gasteiger partial charge in [-0.05, 0) is 42.3 Å². The summed E-state index contributed by atoms with van der Waals surface area (Å²) in [4.78, 5) is 4.46. The van der Waals surface area contributed by atoms with Crippen molar-refractivity contribution < 1.29 is 18.7 Å². The number of fused-ring (bicyclic) bond motifs is 1. The third-order valence-electron chi connectivity index (χ3n) is 3.89. The molecular weight excluding hydrogens is 308 g/mol. The highest BCUT2D eigenvalue weighted by atomic mass is 16.7. The number of rotatable bonds is 5. The van der Waals surface area contributed by atoms with Crippen LogP contribution in [0.1, 0.15) is 11.5 Å². The number of hydrogen-bond donors (Lipinski definition) is 0. The smallest absolute Gasteiger partial charge is 0.231 e. The highest BCUT2D eigenvalue weighted by molar-refractivity contribution is 5.61. The fourth-order valence-corrected chi connectivity index (χ4v) is 2.55. The molecule has 1 aromatic heterocycles. The average Bonchev–Trinajstić information content (AvgIpc) is 3.29. The Morgan fingerprint density at radius 3 is 2.67 bits per heavy atom. The van der Waals surface area contributed by atoms with E-state index in [-0.39, 0.29) is 6.79 Å². The van der Waals surface area contributed by atoms with Gasteiger partial charge in [-0.2, -0.15) is 4.98 Å². The van der Waals surface area contributed by atoms with Crippen molar-refractivity contribution >= 4 is 0 Å². The summed E-state index contributed by atoms with van der Waals surface area (Å²) < 4.78 is 21.2. The van der Waals surface area contributed by atoms with Crippen LogP contribution in [0, 0.1) is 0 Å². The van der Waals surface area contributed by atoms with E-state index in [0.717, 1.165) is 23.5 Å². The first-order chi connectivity index (χ1) is 11.8. The molecule has 1 aliphatic rings. The Balaban J connectivity index is 1.44. The molecule has 1 aliphatic heterocycles. The average molecular weight is 324 g/mol. The highest BCUT2D eigenvalue weighted by Crippen LogP contribution is 2.35. The molecule has 0 fully saturated rings. The summed E-state index contributed by atoms with van der Waals surface area (Å²) in [6.07, 6.45) is 1.51. The fraction of sp³-hybridized carbons (Fsp3) is 0.222. The Hall–Kier alpha value is -3.02. The maximum Gasteiger partial charge on any atom is 0.231 e. The van der Waals surface area contributed by atoms with Crippen LogP contribution in [0.25, 0.3) is 11.4 Å². The molecular formula is C18H16N2O4. The maximum atomic E-state index is 5.37. The number of aryl methyl sites for hydroxylation is 2. The minimum Gasteiger partial charge on any atom is -0.497 e. The van der Waals surface area contributed by atoms with Crippen LogP contribution in [0.5, 0.6) is 17.2 Å². The summed E-state index contributed by atoms with van der Waals surface area (Å²) in [5, 5.41) is 4.05. The van der Waals surface area contributed by atoms with E-state index in [4.69, 9.17) is 18.7 Å². The molecule has 2 aromatic carbocycles. The molecule has 0 aliphatic carbocycles. The molecule has 122 valence electrons. The van der Waals surface area contributed by atoms with Gasteiger partial charge in [-0.1, -0.05) is 17.3 Å². The highest BCUT2D eigenvalue weighted by Gasteiger charge is 2.16. The largest absolute Gasteiger partial charge is 0.497 e. The fourth-order valence-electron chi connectivity index (χ4n) is 2.55. The molecule has 0 N–H and O–H groups in total. The Kier molecular flexibility index (Phi) is 3.78. The van der Waals surface area contributed by atoms with Crippen LogP contribution in [-0.4, -0.2) is 24.0 Å². The van der Waals surface area contributed by atoms with Crippen molar-refractivity contribution in [1.82, 2.24) is 10.1 Å². The molecule has 0 radical (unpaired) electrons. The van der Waals surface area contributed by atoms with E-state index >= 15 is 0 Å². The second kappa shape index (κ2) is 6.23. The lowest BCUT2D eigenvalue weighted by Crippen LogP contribution is -1.93. The van der Waals surface area contributed by atoms with Crippen LogP contribution in [0.4, 0.5) is 0 Å². The van der Waals surface area contributed by atoms with Gasteiger partial charge in [0, 0.05) is 12.0 Å². The molecule has 0 saturated carbocycles. The third kappa shape index (κ3) is 2.90. The van der Waals surface area contributed by atoms with Crippen LogP contribution in [0.2, 0.25) is 0 Å². The normalized spacial score (nSPS) is 12.4. The van der Waals surface area contributed by atoms with E-state index in [1.54, 1.807) is 7.11 Å². The predicted octanol–water partition coefficient (Wildman–Crippen LogP) is 3.26. The Morgan fingerprint density at radius 2 is 1.83 bits per heavy atom. The maximum absolute atomic E-state index is 5.37. The Bertz CT molecular complexity index is 842. The third-order valence-corrected chi connectivity index (χ3v) is 3.89. The second-order valence-corrected chi connectivity index (χ2v) is 5.43. The molecule has 2 heterocycles. The molecule has 0 spiro atoms.